The maximum Gasteiger partial charge on any atom is 0.0951 e. The summed E-state index contributed by atoms with van der Waals surface area (Å²) >= 11 is 0. The molecule has 74 valence electrons. The van der Waals surface area contributed by atoms with Crippen molar-refractivity contribution in [3.05, 3.63) is 23.7 Å². The van der Waals surface area contributed by atoms with Crippen LogP contribution >= 0.6 is 0 Å². The quantitative estimate of drug-likeness (QED) is 0.702. The van der Waals surface area contributed by atoms with Gasteiger partial charge in [0, 0.05) is 24.2 Å². The molecule has 0 aliphatic heterocycles. The molecular weight excluding hydrogens is 164 g/mol. The van der Waals surface area contributed by atoms with Crippen molar-refractivity contribution in [2.24, 2.45) is 0 Å². The Kier molecular flexibility index (Phi) is 3.51. The summed E-state index contributed by atoms with van der Waals surface area (Å²) in [6, 6.07) is 0. The second-order valence-corrected chi connectivity index (χ2v) is 3.90. The van der Waals surface area contributed by atoms with E-state index in [1.807, 2.05) is 12.5 Å². The summed E-state index contributed by atoms with van der Waals surface area (Å²) in [7, 11) is 8.25. The van der Waals surface area contributed by atoms with E-state index in [2.05, 4.69) is 38.0 Å². The minimum absolute atomic E-state index is 0.944. The lowest BCUT2D eigenvalue weighted by Crippen LogP contribution is -2.15. The SMILES string of the molecule is CN(C)Cc1cocc1CN(C)C. The van der Waals surface area contributed by atoms with Gasteiger partial charge in [-0.3, -0.25) is 0 Å². The first kappa shape index (κ1) is 10.3. The van der Waals surface area contributed by atoms with Crippen LogP contribution in [0.5, 0.6) is 0 Å². The molecule has 0 aliphatic rings. The maximum absolute atomic E-state index is 5.19. The smallest absolute Gasteiger partial charge is 0.0951 e. The van der Waals surface area contributed by atoms with Crippen molar-refractivity contribution < 1.29 is 4.42 Å². The minimum Gasteiger partial charge on any atom is -0.472 e. The number of furan rings is 1. The van der Waals surface area contributed by atoms with Gasteiger partial charge in [0.2, 0.25) is 0 Å². The first-order valence-electron chi connectivity index (χ1n) is 4.43. The molecule has 0 saturated heterocycles. The zero-order valence-corrected chi connectivity index (χ0v) is 8.87. The summed E-state index contributed by atoms with van der Waals surface area (Å²) in [6.07, 6.45) is 3.66. The predicted octanol–water partition coefficient (Wildman–Crippen LogP) is 1.40. The van der Waals surface area contributed by atoms with Crippen LogP contribution in [0.25, 0.3) is 0 Å². The monoisotopic (exact) mass is 182 g/mol. The topological polar surface area (TPSA) is 19.6 Å². The molecule has 0 atom stereocenters. The molecule has 0 radical (unpaired) electrons. The zero-order valence-electron chi connectivity index (χ0n) is 8.87. The zero-order chi connectivity index (χ0) is 9.84. The molecule has 3 nitrogen and oxygen atoms in total. The predicted molar refractivity (Wildman–Crippen MR) is 53.5 cm³/mol. The Morgan fingerprint density at radius 2 is 1.31 bits per heavy atom. The first-order valence-corrected chi connectivity index (χ1v) is 4.43. The van der Waals surface area contributed by atoms with E-state index in [0.29, 0.717) is 0 Å². The molecule has 0 fully saturated rings. The van der Waals surface area contributed by atoms with Crippen LogP contribution in [0.15, 0.2) is 16.9 Å². The Morgan fingerprint density at radius 1 is 0.923 bits per heavy atom. The van der Waals surface area contributed by atoms with Crippen LogP contribution in [0.1, 0.15) is 11.1 Å². The second-order valence-electron chi connectivity index (χ2n) is 3.90. The molecule has 0 spiro atoms. The molecule has 0 N–H and O–H groups in total. The molecule has 1 aromatic heterocycles. The van der Waals surface area contributed by atoms with E-state index < -0.39 is 0 Å². The normalized spacial score (nSPS) is 11.5. The summed E-state index contributed by atoms with van der Waals surface area (Å²) in [5.74, 6) is 0. The molecule has 3 heteroatoms. The van der Waals surface area contributed by atoms with Gasteiger partial charge in [-0.05, 0) is 28.2 Å². The summed E-state index contributed by atoms with van der Waals surface area (Å²) in [5.41, 5.74) is 2.55. The highest BCUT2D eigenvalue weighted by molar-refractivity contribution is 5.20. The third kappa shape index (κ3) is 3.20. The molecule has 13 heavy (non-hydrogen) atoms. The molecule has 1 heterocycles. The molecule has 1 aromatic rings. The first-order chi connectivity index (χ1) is 6.09. The van der Waals surface area contributed by atoms with Crippen LogP contribution in [0.2, 0.25) is 0 Å². The standard InChI is InChI=1S/C10H18N2O/c1-11(2)5-9-7-13-8-10(9)6-12(3)4/h7-8H,5-6H2,1-4H3. The Bertz CT molecular complexity index is 229. The summed E-state index contributed by atoms with van der Waals surface area (Å²) in [5, 5.41) is 0. The Balaban J connectivity index is 2.65. The second kappa shape index (κ2) is 4.44. The number of hydrogen-bond donors (Lipinski definition) is 0. The van der Waals surface area contributed by atoms with Crippen molar-refractivity contribution in [2.75, 3.05) is 28.2 Å². The number of nitrogens with zero attached hydrogens (tertiary/aromatic N) is 2. The van der Waals surface area contributed by atoms with Gasteiger partial charge < -0.3 is 14.2 Å². The fourth-order valence-corrected chi connectivity index (χ4v) is 1.31. The molecule has 0 aromatic carbocycles. The maximum atomic E-state index is 5.19. The van der Waals surface area contributed by atoms with Crippen LogP contribution in [0.3, 0.4) is 0 Å². The Hall–Kier alpha value is -0.800. The van der Waals surface area contributed by atoms with E-state index in [1.165, 1.54) is 11.1 Å². The average Bonchev–Trinajstić information content (AvgIpc) is 2.34. The van der Waals surface area contributed by atoms with Crippen LogP contribution in [0, 0.1) is 0 Å². The minimum atomic E-state index is 0.944. The molecule has 0 amide bonds. The molecule has 0 bridgehead atoms. The van der Waals surface area contributed by atoms with E-state index in [0.717, 1.165) is 13.1 Å². The lowest BCUT2D eigenvalue weighted by atomic mass is 10.2. The summed E-state index contributed by atoms with van der Waals surface area (Å²) < 4.78 is 5.19. The van der Waals surface area contributed by atoms with E-state index in [-0.39, 0.29) is 0 Å². The highest BCUT2D eigenvalue weighted by Crippen LogP contribution is 2.13. The fourth-order valence-electron chi connectivity index (χ4n) is 1.31. The molecule has 0 aliphatic carbocycles. The van der Waals surface area contributed by atoms with E-state index in [4.69, 9.17) is 4.42 Å². The lowest BCUT2D eigenvalue weighted by Gasteiger charge is -2.12. The highest BCUT2D eigenvalue weighted by atomic mass is 16.3. The third-order valence-corrected chi connectivity index (χ3v) is 1.81. The van der Waals surface area contributed by atoms with Gasteiger partial charge in [-0.2, -0.15) is 0 Å². The number of hydrogen-bond acceptors (Lipinski definition) is 3. The van der Waals surface area contributed by atoms with Gasteiger partial charge >= 0.3 is 0 Å². The van der Waals surface area contributed by atoms with Gasteiger partial charge in [0.15, 0.2) is 0 Å². The van der Waals surface area contributed by atoms with Crippen molar-refractivity contribution in [1.82, 2.24) is 9.80 Å². The summed E-state index contributed by atoms with van der Waals surface area (Å²) in [4.78, 5) is 4.29. The van der Waals surface area contributed by atoms with Crippen LogP contribution < -0.4 is 0 Å². The van der Waals surface area contributed by atoms with Crippen molar-refractivity contribution >= 4 is 0 Å². The lowest BCUT2D eigenvalue weighted by molar-refractivity contribution is 0.382. The van der Waals surface area contributed by atoms with Crippen molar-refractivity contribution in [3.8, 4) is 0 Å². The van der Waals surface area contributed by atoms with Gasteiger partial charge in [-0.15, -0.1) is 0 Å². The Morgan fingerprint density at radius 3 is 1.62 bits per heavy atom. The van der Waals surface area contributed by atoms with E-state index >= 15 is 0 Å². The number of rotatable bonds is 4. The van der Waals surface area contributed by atoms with Gasteiger partial charge in [-0.1, -0.05) is 0 Å². The van der Waals surface area contributed by atoms with Gasteiger partial charge in [0.05, 0.1) is 12.5 Å². The fraction of sp³-hybridized carbons (Fsp3) is 0.600. The van der Waals surface area contributed by atoms with Crippen LogP contribution in [-0.2, 0) is 13.1 Å². The van der Waals surface area contributed by atoms with E-state index in [9.17, 15) is 0 Å². The van der Waals surface area contributed by atoms with Crippen LogP contribution in [-0.4, -0.2) is 38.0 Å². The van der Waals surface area contributed by atoms with Crippen LogP contribution in [0.4, 0.5) is 0 Å². The molecular formula is C10H18N2O. The van der Waals surface area contributed by atoms with Gasteiger partial charge in [-0.25, -0.2) is 0 Å². The van der Waals surface area contributed by atoms with Gasteiger partial charge in [0.1, 0.15) is 0 Å². The third-order valence-electron chi connectivity index (χ3n) is 1.81. The van der Waals surface area contributed by atoms with Gasteiger partial charge in [0.25, 0.3) is 0 Å². The molecule has 1 rings (SSSR count). The van der Waals surface area contributed by atoms with E-state index in [1.54, 1.807) is 0 Å². The average molecular weight is 182 g/mol. The Labute approximate surface area is 79.9 Å². The molecule has 0 unspecified atom stereocenters. The largest absolute Gasteiger partial charge is 0.472 e. The van der Waals surface area contributed by atoms with Crippen molar-refractivity contribution in [3.63, 3.8) is 0 Å². The summed E-state index contributed by atoms with van der Waals surface area (Å²) in [6.45, 7) is 1.89. The van der Waals surface area contributed by atoms with Crippen molar-refractivity contribution in [1.29, 1.82) is 0 Å². The van der Waals surface area contributed by atoms with Crippen molar-refractivity contribution in [2.45, 2.75) is 13.1 Å². The molecule has 0 saturated carbocycles. The highest BCUT2D eigenvalue weighted by Gasteiger charge is 2.06.